The van der Waals surface area contributed by atoms with Gasteiger partial charge in [-0.15, -0.1) is 0 Å². The quantitative estimate of drug-likeness (QED) is 0.747. The van der Waals surface area contributed by atoms with Crippen LogP contribution >= 0.6 is 15.9 Å². The monoisotopic (exact) mass is 342 g/mol. The highest BCUT2D eigenvalue weighted by Gasteiger charge is 2.11. The van der Waals surface area contributed by atoms with Crippen molar-refractivity contribution in [3.05, 3.63) is 76.3 Å². The minimum absolute atomic E-state index is 0.631. The van der Waals surface area contributed by atoms with Crippen molar-refractivity contribution in [2.75, 3.05) is 7.11 Å². The summed E-state index contributed by atoms with van der Waals surface area (Å²) in [6.45, 7) is 0. The van der Waals surface area contributed by atoms with Crippen LogP contribution in [0.1, 0.15) is 17.2 Å². The van der Waals surface area contributed by atoms with E-state index in [9.17, 15) is 5.11 Å². The summed E-state index contributed by atoms with van der Waals surface area (Å²) in [7, 11) is 1.66. The molecule has 0 saturated carbocycles. The Bertz CT molecular complexity index is 783. The lowest BCUT2D eigenvalue weighted by Gasteiger charge is -2.13. The van der Waals surface area contributed by atoms with Gasteiger partial charge in [0.1, 0.15) is 11.9 Å². The van der Waals surface area contributed by atoms with Gasteiger partial charge in [-0.3, -0.25) is 0 Å². The highest BCUT2D eigenvalue weighted by atomic mass is 79.9. The molecule has 21 heavy (non-hydrogen) atoms. The number of ether oxygens (including phenoxy) is 1. The van der Waals surface area contributed by atoms with Crippen LogP contribution in [0.15, 0.2) is 65.1 Å². The van der Waals surface area contributed by atoms with Gasteiger partial charge >= 0.3 is 0 Å². The van der Waals surface area contributed by atoms with Crippen LogP contribution < -0.4 is 4.74 Å². The molecule has 2 nitrogen and oxygen atoms in total. The highest BCUT2D eigenvalue weighted by molar-refractivity contribution is 9.10. The summed E-state index contributed by atoms with van der Waals surface area (Å²) >= 11 is 3.43. The third kappa shape index (κ3) is 2.94. The molecule has 0 aliphatic heterocycles. The van der Waals surface area contributed by atoms with Crippen LogP contribution in [0.2, 0.25) is 0 Å². The van der Waals surface area contributed by atoms with Crippen LogP contribution in [0.4, 0.5) is 0 Å². The lowest BCUT2D eigenvalue weighted by molar-refractivity contribution is 0.220. The lowest BCUT2D eigenvalue weighted by Crippen LogP contribution is -1.99. The number of methoxy groups -OCH3 is 1. The van der Waals surface area contributed by atoms with E-state index >= 15 is 0 Å². The molecule has 0 heterocycles. The fourth-order valence-electron chi connectivity index (χ4n) is 2.41. The zero-order chi connectivity index (χ0) is 14.8. The van der Waals surface area contributed by atoms with Gasteiger partial charge in [-0.2, -0.15) is 0 Å². The van der Waals surface area contributed by atoms with Crippen molar-refractivity contribution in [3.8, 4) is 5.75 Å². The molecule has 0 amide bonds. The molecule has 0 fully saturated rings. The van der Waals surface area contributed by atoms with E-state index in [-0.39, 0.29) is 0 Å². The van der Waals surface area contributed by atoms with Crippen LogP contribution in [-0.2, 0) is 0 Å². The summed E-state index contributed by atoms with van der Waals surface area (Å²) in [5.74, 6) is 0.836. The number of fused-ring (bicyclic) bond motifs is 1. The normalized spacial score (nSPS) is 12.3. The van der Waals surface area contributed by atoms with Gasteiger partial charge in [0.05, 0.1) is 7.11 Å². The molecule has 3 heteroatoms. The maximum absolute atomic E-state index is 10.5. The predicted molar refractivity (Wildman–Crippen MR) is 88.7 cm³/mol. The summed E-state index contributed by atoms with van der Waals surface area (Å²) in [5, 5.41) is 12.7. The Kier molecular flexibility index (Phi) is 3.95. The third-order valence-corrected chi connectivity index (χ3v) is 4.04. The molecular formula is C18H15BrO2. The van der Waals surface area contributed by atoms with Crippen molar-refractivity contribution < 1.29 is 9.84 Å². The summed E-state index contributed by atoms with van der Waals surface area (Å²) < 4.78 is 6.19. The Hall–Kier alpha value is -1.84. The number of rotatable bonds is 3. The fourth-order valence-corrected chi connectivity index (χ4v) is 2.83. The van der Waals surface area contributed by atoms with Crippen LogP contribution in [0, 0.1) is 0 Å². The molecule has 1 N–H and O–H groups in total. The largest absolute Gasteiger partial charge is 0.497 e. The van der Waals surface area contributed by atoms with E-state index in [0.717, 1.165) is 32.1 Å². The smallest absolute Gasteiger partial charge is 0.119 e. The molecule has 0 aromatic heterocycles. The second kappa shape index (κ2) is 5.88. The number of hydrogen-bond donors (Lipinski definition) is 1. The summed E-state index contributed by atoms with van der Waals surface area (Å²) in [6, 6.07) is 19.6. The van der Waals surface area contributed by atoms with Crippen molar-refractivity contribution in [3.63, 3.8) is 0 Å². The molecule has 0 bridgehead atoms. The van der Waals surface area contributed by atoms with Gasteiger partial charge in [-0.1, -0.05) is 46.3 Å². The number of aliphatic hydroxyl groups is 1. The van der Waals surface area contributed by atoms with E-state index in [2.05, 4.69) is 15.9 Å². The highest BCUT2D eigenvalue weighted by Crippen LogP contribution is 2.28. The number of benzene rings is 3. The van der Waals surface area contributed by atoms with Crippen LogP contribution in [0.25, 0.3) is 10.8 Å². The van der Waals surface area contributed by atoms with Crippen molar-refractivity contribution >= 4 is 26.7 Å². The minimum atomic E-state index is -0.631. The van der Waals surface area contributed by atoms with Crippen LogP contribution in [0.5, 0.6) is 5.75 Å². The summed E-state index contributed by atoms with van der Waals surface area (Å²) in [6.07, 6.45) is -0.631. The lowest BCUT2D eigenvalue weighted by atomic mass is 9.98. The Morgan fingerprint density at radius 1 is 0.905 bits per heavy atom. The first-order valence-electron chi connectivity index (χ1n) is 6.68. The number of halogens is 1. The maximum Gasteiger partial charge on any atom is 0.119 e. The van der Waals surface area contributed by atoms with Crippen molar-refractivity contribution in [2.24, 2.45) is 0 Å². The zero-order valence-corrected chi connectivity index (χ0v) is 13.2. The molecule has 1 unspecified atom stereocenters. The van der Waals surface area contributed by atoms with Gasteiger partial charge in [-0.25, -0.2) is 0 Å². The molecule has 0 saturated heterocycles. The molecule has 3 rings (SSSR count). The summed E-state index contributed by atoms with van der Waals surface area (Å²) in [4.78, 5) is 0. The van der Waals surface area contributed by atoms with Crippen molar-refractivity contribution in [2.45, 2.75) is 6.10 Å². The molecule has 106 valence electrons. The number of aliphatic hydroxyl groups excluding tert-OH is 1. The minimum Gasteiger partial charge on any atom is -0.497 e. The Morgan fingerprint density at radius 3 is 2.38 bits per heavy atom. The Morgan fingerprint density at radius 2 is 1.62 bits per heavy atom. The van der Waals surface area contributed by atoms with Crippen LogP contribution in [0.3, 0.4) is 0 Å². The van der Waals surface area contributed by atoms with E-state index < -0.39 is 6.10 Å². The standard InChI is InChI=1S/C18H15BrO2/c1-21-17-8-7-12-9-15(6-5-13(12)11-17)18(20)14-3-2-4-16(19)10-14/h2-11,18,20H,1H3. The Labute approximate surface area is 132 Å². The maximum atomic E-state index is 10.5. The Balaban J connectivity index is 2.00. The first kappa shape index (κ1) is 14.1. The zero-order valence-electron chi connectivity index (χ0n) is 11.6. The van der Waals surface area contributed by atoms with Crippen LogP contribution in [-0.4, -0.2) is 12.2 Å². The van der Waals surface area contributed by atoms with E-state index in [0.29, 0.717) is 0 Å². The average Bonchev–Trinajstić information content (AvgIpc) is 2.53. The predicted octanol–water partition coefficient (Wildman–Crippen LogP) is 4.69. The first-order chi connectivity index (χ1) is 10.2. The van der Waals surface area contributed by atoms with Gasteiger partial charge in [0.15, 0.2) is 0 Å². The van der Waals surface area contributed by atoms with Gasteiger partial charge in [0.2, 0.25) is 0 Å². The third-order valence-electron chi connectivity index (χ3n) is 3.55. The SMILES string of the molecule is COc1ccc2cc(C(O)c3cccc(Br)c3)ccc2c1. The second-order valence-corrected chi connectivity index (χ2v) is 5.85. The van der Waals surface area contributed by atoms with Gasteiger partial charge < -0.3 is 9.84 Å². The number of hydrogen-bond acceptors (Lipinski definition) is 2. The molecule has 0 radical (unpaired) electrons. The molecule has 3 aromatic carbocycles. The summed E-state index contributed by atoms with van der Waals surface area (Å²) in [5.41, 5.74) is 1.75. The van der Waals surface area contributed by atoms with Gasteiger partial charge in [0, 0.05) is 4.47 Å². The molecule has 0 aliphatic carbocycles. The van der Waals surface area contributed by atoms with Crippen molar-refractivity contribution in [1.29, 1.82) is 0 Å². The fraction of sp³-hybridized carbons (Fsp3) is 0.111. The van der Waals surface area contributed by atoms with E-state index in [1.54, 1.807) is 7.11 Å². The van der Waals surface area contributed by atoms with Crippen molar-refractivity contribution in [1.82, 2.24) is 0 Å². The first-order valence-corrected chi connectivity index (χ1v) is 7.48. The molecule has 3 aromatic rings. The second-order valence-electron chi connectivity index (χ2n) is 4.93. The molecule has 0 aliphatic rings. The van der Waals surface area contributed by atoms with E-state index in [1.165, 1.54) is 0 Å². The molecule has 0 spiro atoms. The molecule has 1 atom stereocenters. The topological polar surface area (TPSA) is 29.5 Å². The van der Waals surface area contributed by atoms with E-state index in [1.807, 2.05) is 60.7 Å². The van der Waals surface area contributed by atoms with Gasteiger partial charge in [-0.05, 0) is 52.2 Å². The van der Waals surface area contributed by atoms with E-state index in [4.69, 9.17) is 4.74 Å². The average molecular weight is 343 g/mol. The molecular weight excluding hydrogens is 328 g/mol. The van der Waals surface area contributed by atoms with Gasteiger partial charge in [0.25, 0.3) is 0 Å².